The van der Waals surface area contributed by atoms with E-state index < -0.39 is 0 Å². The van der Waals surface area contributed by atoms with Gasteiger partial charge in [-0.2, -0.15) is 0 Å². The van der Waals surface area contributed by atoms with Crippen LogP contribution in [0.3, 0.4) is 0 Å². The molecular weight excluding hydrogens is 126 g/mol. The molecule has 0 aliphatic heterocycles. The van der Waals surface area contributed by atoms with Crippen LogP contribution in [0.2, 0.25) is 0 Å². The van der Waals surface area contributed by atoms with Gasteiger partial charge in [-0.05, 0) is 26.3 Å². The van der Waals surface area contributed by atoms with Gasteiger partial charge in [0.2, 0.25) is 0 Å². The smallest absolute Gasteiger partial charge is 0.0474 e. The maximum atomic E-state index is 8.92. The van der Waals surface area contributed by atoms with Gasteiger partial charge in [0.25, 0.3) is 0 Å². The summed E-state index contributed by atoms with van der Waals surface area (Å²) in [5.41, 5.74) is 0. The van der Waals surface area contributed by atoms with E-state index in [4.69, 9.17) is 5.11 Å². The lowest BCUT2D eigenvalue weighted by atomic mass is 9.97. The third-order valence-corrected chi connectivity index (χ3v) is 2.06. The summed E-state index contributed by atoms with van der Waals surface area (Å²) in [4.78, 5) is 0. The van der Waals surface area contributed by atoms with Gasteiger partial charge in [-0.25, -0.2) is 0 Å². The molecule has 0 saturated heterocycles. The molecule has 0 amide bonds. The van der Waals surface area contributed by atoms with Crippen LogP contribution in [-0.4, -0.2) is 24.8 Å². The van der Waals surface area contributed by atoms with Crippen LogP contribution in [-0.2, 0) is 0 Å². The fourth-order valence-corrected chi connectivity index (χ4v) is 1.11. The van der Waals surface area contributed by atoms with Gasteiger partial charge in [0.05, 0.1) is 0 Å². The molecule has 10 heavy (non-hydrogen) atoms. The lowest BCUT2D eigenvalue weighted by molar-refractivity contribution is 0.189. The van der Waals surface area contributed by atoms with Gasteiger partial charge in [0.1, 0.15) is 0 Å². The van der Waals surface area contributed by atoms with Crippen molar-refractivity contribution in [1.82, 2.24) is 5.32 Å². The molecule has 2 nitrogen and oxygen atoms in total. The minimum Gasteiger partial charge on any atom is -0.396 e. The Balaban J connectivity index is 3.56. The lowest BCUT2D eigenvalue weighted by Gasteiger charge is -2.20. The molecule has 0 aliphatic rings. The van der Waals surface area contributed by atoms with Gasteiger partial charge in [0.15, 0.2) is 0 Å². The van der Waals surface area contributed by atoms with Crippen molar-refractivity contribution in [2.45, 2.75) is 32.7 Å². The van der Waals surface area contributed by atoms with Gasteiger partial charge >= 0.3 is 0 Å². The van der Waals surface area contributed by atoms with Gasteiger partial charge in [-0.3, -0.25) is 0 Å². The SMILES string of the molecule is CCCC(CO)C(C)NC. The van der Waals surface area contributed by atoms with Crippen LogP contribution in [0.25, 0.3) is 0 Å². The van der Waals surface area contributed by atoms with Crippen LogP contribution in [0, 0.1) is 5.92 Å². The molecule has 2 unspecified atom stereocenters. The highest BCUT2D eigenvalue weighted by Gasteiger charge is 2.12. The molecule has 0 radical (unpaired) electrons. The molecule has 0 bridgehead atoms. The second-order valence-electron chi connectivity index (χ2n) is 2.81. The third-order valence-electron chi connectivity index (χ3n) is 2.06. The molecule has 0 spiro atoms. The minimum absolute atomic E-state index is 0.301. The van der Waals surface area contributed by atoms with Gasteiger partial charge in [-0.1, -0.05) is 13.3 Å². The zero-order chi connectivity index (χ0) is 7.98. The Kier molecular flexibility index (Phi) is 5.64. The first kappa shape index (κ1) is 9.92. The van der Waals surface area contributed by atoms with Crippen molar-refractivity contribution in [1.29, 1.82) is 0 Å². The van der Waals surface area contributed by atoms with E-state index in [1.54, 1.807) is 0 Å². The summed E-state index contributed by atoms with van der Waals surface area (Å²) < 4.78 is 0. The van der Waals surface area contributed by atoms with Crippen molar-refractivity contribution >= 4 is 0 Å². The summed E-state index contributed by atoms with van der Waals surface area (Å²) in [5, 5.41) is 12.1. The Morgan fingerprint density at radius 3 is 2.40 bits per heavy atom. The average molecular weight is 145 g/mol. The highest BCUT2D eigenvalue weighted by atomic mass is 16.3. The van der Waals surface area contributed by atoms with E-state index >= 15 is 0 Å². The number of hydrogen-bond acceptors (Lipinski definition) is 2. The van der Waals surface area contributed by atoms with E-state index in [1.807, 2.05) is 7.05 Å². The highest BCUT2D eigenvalue weighted by molar-refractivity contribution is 4.68. The van der Waals surface area contributed by atoms with E-state index in [2.05, 4.69) is 19.2 Å². The maximum Gasteiger partial charge on any atom is 0.0474 e. The van der Waals surface area contributed by atoms with Crippen molar-refractivity contribution in [2.75, 3.05) is 13.7 Å². The van der Waals surface area contributed by atoms with Crippen LogP contribution in [0.4, 0.5) is 0 Å². The third kappa shape index (κ3) is 3.18. The predicted molar refractivity (Wildman–Crippen MR) is 44.0 cm³/mol. The summed E-state index contributed by atoms with van der Waals surface area (Å²) in [7, 11) is 1.93. The largest absolute Gasteiger partial charge is 0.396 e. The zero-order valence-electron chi connectivity index (χ0n) is 7.22. The van der Waals surface area contributed by atoms with Gasteiger partial charge in [0, 0.05) is 12.6 Å². The fraction of sp³-hybridized carbons (Fsp3) is 1.00. The molecule has 0 heterocycles. The van der Waals surface area contributed by atoms with Crippen LogP contribution in [0.5, 0.6) is 0 Å². The standard InChI is InChI=1S/C8H19NO/c1-4-5-8(6-10)7(2)9-3/h7-10H,4-6H2,1-3H3. The first-order valence-electron chi connectivity index (χ1n) is 4.04. The molecule has 0 aliphatic carbocycles. The number of aliphatic hydroxyl groups is 1. The summed E-state index contributed by atoms with van der Waals surface area (Å²) >= 11 is 0. The second-order valence-corrected chi connectivity index (χ2v) is 2.81. The van der Waals surface area contributed by atoms with Crippen molar-refractivity contribution < 1.29 is 5.11 Å². The second kappa shape index (κ2) is 5.69. The predicted octanol–water partition coefficient (Wildman–Crippen LogP) is 1.00. The van der Waals surface area contributed by atoms with Crippen molar-refractivity contribution in [3.8, 4) is 0 Å². The number of hydrogen-bond donors (Lipinski definition) is 2. The minimum atomic E-state index is 0.301. The summed E-state index contributed by atoms with van der Waals surface area (Å²) in [6.45, 7) is 4.55. The van der Waals surface area contributed by atoms with Crippen LogP contribution in [0.15, 0.2) is 0 Å². The van der Waals surface area contributed by atoms with Crippen LogP contribution >= 0.6 is 0 Å². The molecule has 0 saturated carbocycles. The van der Waals surface area contributed by atoms with E-state index in [0.29, 0.717) is 18.6 Å². The molecule has 62 valence electrons. The van der Waals surface area contributed by atoms with Crippen molar-refractivity contribution in [3.63, 3.8) is 0 Å². The molecule has 0 rings (SSSR count). The number of aliphatic hydroxyl groups excluding tert-OH is 1. The molecule has 0 aromatic rings. The molecule has 0 aromatic carbocycles. The Morgan fingerprint density at radius 1 is 1.50 bits per heavy atom. The highest BCUT2D eigenvalue weighted by Crippen LogP contribution is 2.09. The van der Waals surface area contributed by atoms with E-state index in [-0.39, 0.29) is 0 Å². The number of nitrogens with one attached hydrogen (secondary N) is 1. The molecular formula is C8H19NO. The normalized spacial score (nSPS) is 16.8. The van der Waals surface area contributed by atoms with E-state index in [0.717, 1.165) is 12.8 Å². The van der Waals surface area contributed by atoms with Crippen molar-refractivity contribution in [3.05, 3.63) is 0 Å². The molecule has 0 fully saturated rings. The summed E-state index contributed by atoms with van der Waals surface area (Å²) in [6, 6.07) is 0.435. The number of rotatable bonds is 5. The maximum absolute atomic E-state index is 8.92. The molecule has 2 atom stereocenters. The van der Waals surface area contributed by atoms with Gasteiger partial charge < -0.3 is 10.4 Å². The zero-order valence-corrected chi connectivity index (χ0v) is 7.22. The quantitative estimate of drug-likeness (QED) is 0.605. The Bertz CT molecular complexity index is 75.7. The first-order chi connectivity index (χ1) is 4.76. The lowest BCUT2D eigenvalue weighted by Crippen LogP contribution is -2.32. The van der Waals surface area contributed by atoms with Gasteiger partial charge in [-0.15, -0.1) is 0 Å². The topological polar surface area (TPSA) is 32.3 Å². The molecule has 2 N–H and O–H groups in total. The average Bonchev–Trinajstić information content (AvgIpc) is 1.99. The monoisotopic (exact) mass is 145 g/mol. The van der Waals surface area contributed by atoms with Crippen LogP contribution < -0.4 is 5.32 Å². The fourth-order valence-electron chi connectivity index (χ4n) is 1.11. The van der Waals surface area contributed by atoms with Crippen molar-refractivity contribution in [2.24, 2.45) is 5.92 Å². The summed E-state index contributed by atoms with van der Waals surface area (Å²) in [5.74, 6) is 0.426. The molecule has 0 aromatic heterocycles. The first-order valence-corrected chi connectivity index (χ1v) is 4.04. The summed E-state index contributed by atoms with van der Waals surface area (Å²) in [6.07, 6.45) is 2.26. The van der Waals surface area contributed by atoms with Crippen LogP contribution in [0.1, 0.15) is 26.7 Å². The Morgan fingerprint density at radius 2 is 2.10 bits per heavy atom. The Labute approximate surface area is 63.6 Å². The Hall–Kier alpha value is -0.0800. The van der Waals surface area contributed by atoms with E-state index in [9.17, 15) is 0 Å². The van der Waals surface area contributed by atoms with E-state index in [1.165, 1.54) is 0 Å². The molecule has 2 heteroatoms.